The summed E-state index contributed by atoms with van der Waals surface area (Å²) in [5, 5.41) is 3.09. The predicted molar refractivity (Wildman–Crippen MR) is 111 cm³/mol. The van der Waals surface area contributed by atoms with Crippen LogP contribution in [0.1, 0.15) is 12.5 Å². The third-order valence-electron chi connectivity index (χ3n) is 4.75. The largest absolute Gasteiger partial charge is 0.497 e. The molecule has 144 valence electrons. The highest BCUT2D eigenvalue weighted by Gasteiger charge is 2.16. The Hall–Kier alpha value is -2.80. The highest BCUT2D eigenvalue weighted by Crippen LogP contribution is 2.17. The maximum absolute atomic E-state index is 6.01. The van der Waals surface area contributed by atoms with Crippen molar-refractivity contribution in [2.75, 3.05) is 50.1 Å². The van der Waals surface area contributed by atoms with Crippen LogP contribution < -0.4 is 20.7 Å². The zero-order chi connectivity index (χ0) is 19.1. The van der Waals surface area contributed by atoms with Crippen LogP contribution in [0.4, 0.5) is 11.5 Å². The quantitative estimate of drug-likeness (QED) is 0.601. The molecule has 0 atom stereocenters. The molecule has 1 aromatic carbocycles. The maximum Gasteiger partial charge on any atom is 0.193 e. The molecular weight excluding hydrogens is 340 g/mol. The fourth-order valence-electron chi connectivity index (χ4n) is 3.06. The summed E-state index contributed by atoms with van der Waals surface area (Å²) in [6.45, 7) is 8.01. The average molecular weight is 368 g/mol. The van der Waals surface area contributed by atoms with Gasteiger partial charge in [0.15, 0.2) is 5.96 Å². The zero-order valence-corrected chi connectivity index (χ0v) is 16.1. The summed E-state index contributed by atoms with van der Waals surface area (Å²) in [6.07, 6.45) is 1.85. The molecule has 1 fully saturated rings. The number of hydrogen-bond acceptors (Lipinski definition) is 5. The van der Waals surface area contributed by atoms with E-state index >= 15 is 0 Å². The lowest BCUT2D eigenvalue weighted by atomic mass is 10.2. The first-order chi connectivity index (χ1) is 13.2. The van der Waals surface area contributed by atoms with Gasteiger partial charge in [-0.1, -0.05) is 6.92 Å². The lowest BCUT2D eigenvalue weighted by Crippen LogP contribution is -2.46. The molecule has 0 spiro atoms. The number of aliphatic imine (C=N–C) groups is 1. The number of piperazine rings is 1. The van der Waals surface area contributed by atoms with Crippen LogP contribution >= 0.6 is 0 Å². The number of methoxy groups -OCH3 is 1. The second kappa shape index (κ2) is 9.23. The van der Waals surface area contributed by atoms with E-state index in [1.807, 2.05) is 36.5 Å². The second-order valence-electron chi connectivity index (χ2n) is 6.50. The molecule has 0 aliphatic carbocycles. The van der Waals surface area contributed by atoms with E-state index in [1.54, 1.807) is 7.11 Å². The third-order valence-corrected chi connectivity index (χ3v) is 4.75. The van der Waals surface area contributed by atoms with E-state index in [-0.39, 0.29) is 0 Å². The molecule has 0 amide bonds. The van der Waals surface area contributed by atoms with E-state index in [4.69, 9.17) is 10.5 Å². The minimum absolute atomic E-state index is 0.384. The SMILES string of the molecule is CCN1CCN(c2cc(CN=C(N)Nc3ccc(OC)cc3)ccn2)CC1. The number of pyridine rings is 1. The van der Waals surface area contributed by atoms with Gasteiger partial charge in [-0.3, -0.25) is 0 Å². The Labute approximate surface area is 160 Å². The van der Waals surface area contributed by atoms with Gasteiger partial charge in [0.2, 0.25) is 0 Å². The summed E-state index contributed by atoms with van der Waals surface area (Å²) in [5.41, 5.74) is 7.98. The van der Waals surface area contributed by atoms with Crippen molar-refractivity contribution < 1.29 is 4.74 Å². The number of benzene rings is 1. The van der Waals surface area contributed by atoms with Crippen molar-refractivity contribution in [3.63, 3.8) is 0 Å². The van der Waals surface area contributed by atoms with Crippen LogP contribution in [0.15, 0.2) is 47.6 Å². The zero-order valence-electron chi connectivity index (χ0n) is 16.1. The molecule has 0 saturated carbocycles. The smallest absolute Gasteiger partial charge is 0.193 e. The summed E-state index contributed by atoms with van der Waals surface area (Å²) in [5.74, 6) is 2.20. The Morgan fingerprint density at radius 3 is 2.59 bits per heavy atom. The number of nitrogens with zero attached hydrogens (tertiary/aromatic N) is 4. The summed E-state index contributed by atoms with van der Waals surface area (Å²) < 4.78 is 5.15. The molecule has 2 heterocycles. The van der Waals surface area contributed by atoms with Crippen molar-refractivity contribution in [3.8, 4) is 5.75 Å². The van der Waals surface area contributed by atoms with Gasteiger partial charge in [-0.05, 0) is 48.5 Å². The van der Waals surface area contributed by atoms with Gasteiger partial charge in [0.1, 0.15) is 11.6 Å². The molecule has 0 bridgehead atoms. The molecule has 0 radical (unpaired) electrons. The standard InChI is InChI=1S/C20H28N6O/c1-3-25-10-12-26(13-11-25)19-14-16(8-9-22-19)15-23-20(21)24-17-4-6-18(27-2)7-5-17/h4-9,14H,3,10-13,15H2,1-2H3,(H3,21,23,24). The fraction of sp³-hybridized carbons (Fsp3) is 0.400. The van der Waals surface area contributed by atoms with Crippen LogP contribution in [0, 0.1) is 0 Å². The van der Waals surface area contributed by atoms with Gasteiger partial charge in [-0.25, -0.2) is 9.98 Å². The van der Waals surface area contributed by atoms with E-state index in [0.29, 0.717) is 12.5 Å². The van der Waals surface area contributed by atoms with Crippen LogP contribution in [0.25, 0.3) is 0 Å². The summed E-state index contributed by atoms with van der Waals surface area (Å²) in [4.78, 5) is 13.8. The molecule has 3 N–H and O–H groups in total. The molecule has 3 rings (SSSR count). The van der Waals surface area contributed by atoms with Crippen LogP contribution in [-0.4, -0.2) is 55.7 Å². The number of likely N-dealkylation sites (N-methyl/N-ethyl adjacent to an activating group) is 1. The Balaban J connectivity index is 1.57. The normalized spacial score (nSPS) is 15.6. The van der Waals surface area contributed by atoms with Crippen molar-refractivity contribution in [2.24, 2.45) is 10.7 Å². The first-order valence-electron chi connectivity index (χ1n) is 9.31. The van der Waals surface area contributed by atoms with E-state index in [2.05, 4.69) is 38.1 Å². The molecular formula is C20H28N6O. The Morgan fingerprint density at radius 1 is 1.19 bits per heavy atom. The summed E-state index contributed by atoms with van der Waals surface area (Å²) in [7, 11) is 1.64. The van der Waals surface area contributed by atoms with E-state index in [9.17, 15) is 0 Å². The molecule has 1 saturated heterocycles. The molecule has 7 nitrogen and oxygen atoms in total. The van der Waals surface area contributed by atoms with Gasteiger partial charge in [-0.2, -0.15) is 0 Å². The summed E-state index contributed by atoms with van der Waals surface area (Å²) in [6, 6.07) is 11.7. The monoisotopic (exact) mass is 368 g/mol. The lowest BCUT2D eigenvalue weighted by molar-refractivity contribution is 0.270. The average Bonchev–Trinajstić information content (AvgIpc) is 2.73. The molecule has 0 unspecified atom stereocenters. The fourth-order valence-corrected chi connectivity index (χ4v) is 3.06. The van der Waals surface area contributed by atoms with Gasteiger partial charge < -0.3 is 25.6 Å². The van der Waals surface area contributed by atoms with Gasteiger partial charge in [-0.15, -0.1) is 0 Å². The third kappa shape index (κ3) is 5.34. The Bertz CT molecular complexity index is 753. The number of aromatic nitrogens is 1. The van der Waals surface area contributed by atoms with Crippen LogP contribution in [0.5, 0.6) is 5.75 Å². The maximum atomic E-state index is 6.01. The highest BCUT2D eigenvalue weighted by atomic mass is 16.5. The van der Waals surface area contributed by atoms with Gasteiger partial charge in [0.05, 0.1) is 13.7 Å². The molecule has 7 heteroatoms. The lowest BCUT2D eigenvalue weighted by Gasteiger charge is -2.34. The van der Waals surface area contributed by atoms with E-state index < -0.39 is 0 Å². The number of guanidine groups is 1. The highest BCUT2D eigenvalue weighted by molar-refractivity contribution is 5.92. The van der Waals surface area contributed by atoms with Crippen LogP contribution in [-0.2, 0) is 6.54 Å². The van der Waals surface area contributed by atoms with Gasteiger partial charge in [0.25, 0.3) is 0 Å². The molecule has 2 aromatic rings. The van der Waals surface area contributed by atoms with Crippen LogP contribution in [0.3, 0.4) is 0 Å². The summed E-state index contributed by atoms with van der Waals surface area (Å²) >= 11 is 0. The molecule has 1 aliphatic rings. The Morgan fingerprint density at radius 2 is 1.93 bits per heavy atom. The molecule has 1 aromatic heterocycles. The second-order valence-corrected chi connectivity index (χ2v) is 6.50. The molecule has 27 heavy (non-hydrogen) atoms. The minimum Gasteiger partial charge on any atom is -0.497 e. The Kier molecular flexibility index (Phi) is 6.49. The van der Waals surface area contributed by atoms with Crippen molar-refractivity contribution in [2.45, 2.75) is 13.5 Å². The van der Waals surface area contributed by atoms with Crippen molar-refractivity contribution in [1.82, 2.24) is 9.88 Å². The first-order valence-corrected chi connectivity index (χ1v) is 9.31. The number of hydrogen-bond donors (Lipinski definition) is 2. The topological polar surface area (TPSA) is 79.0 Å². The van der Waals surface area contributed by atoms with Crippen molar-refractivity contribution in [1.29, 1.82) is 0 Å². The van der Waals surface area contributed by atoms with Gasteiger partial charge >= 0.3 is 0 Å². The van der Waals surface area contributed by atoms with Crippen molar-refractivity contribution in [3.05, 3.63) is 48.2 Å². The molecule has 1 aliphatic heterocycles. The van der Waals surface area contributed by atoms with Gasteiger partial charge in [0, 0.05) is 38.1 Å². The first kappa shape index (κ1) is 19.0. The van der Waals surface area contributed by atoms with Crippen LogP contribution in [0.2, 0.25) is 0 Å². The number of ether oxygens (including phenoxy) is 1. The minimum atomic E-state index is 0.384. The van der Waals surface area contributed by atoms with E-state index in [0.717, 1.165) is 55.5 Å². The number of rotatable bonds is 6. The number of nitrogens with two attached hydrogens (primary N) is 1. The van der Waals surface area contributed by atoms with E-state index in [1.165, 1.54) is 0 Å². The van der Waals surface area contributed by atoms with Crippen molar-refractivity contribution >= 4 is 17.5 Å². The number of nitrogens with one attached hydrogen (secondary N) is 1. The predicted octanol–water partition coefficient (Wildman–Crippen LogP) is 2.16. The number of anilines is 2.